The lowest BCUT2D eigenvalue weighted by Crippen LogP contribution is -2.39. The molecule has 1 aliphatic carbocycles. The van der Waals surface area contributed by atoms with Gasteiger partial charge in [-0.3, -0.25) is 9.59 Å². The third kappa shape index (κ3) is 6.79. The number of benzene rings is 2. The van der Waals surface area contributed by atoms with Crippen molar-refractivity contribution in [3.8, 4) is 11.1 Å². The van der Waals surface area contributed by atoms with E-state index in [1.165, 1.54) is 0 Å². The van der Waals surface area contributed by atoms with Gasteiger partial charge in [-0.25, -0.2) is 4.79 Å². The maximum absolute atomic E-state index is 12.2. The number of hydrogen-bond acceptors (Lipinski definition) is 6. The maximum Gasteiger partial charge on any atom is 0.407 e. The molecule has 2 amide bonds. The minimum atomic E-state index is -1.12. The van der Waals surface area contributed by atoms with E-state index in [1.807, 2.05) is 48.5 Å². The van der Waals surface area contributed by atoms with Gasteiger partial charge in [-0.15, -0.1) is 0 Å². The molecule has 0 aromatic heterocycles. The lowest BCUT2D eigenvalue weighted by atomic mass is 9.98. The van der Waals surface area contributed by atoms with Crippen LogP contribution in [0.5, 0.6) is 0 Å². The van der Waals surface area contributed by atoms with Gasteiger partial charge in [0.25, 0.3) is 0 Å². The van der Waals surface area contributed by atoms with Gasteiger partial charge >= 0.3 is 12.1 Å². The molecule has 3 rings (SSSR count). The van der Waals surface area contributed by atoms with Crippen molar-refractivity contribution in [1.29, 1.82) is 0 Å². The Labute approximate surface area is 198 Å². The van der Waals surface area contributed by atoms with Crippen LogP contribution in [0.4, 0.5) is 4.79 Å². The number of aliphatic carboxylic acids is 1. The minimum Gasteiger partial charge on any atom is -0.481 e. The number of aliphatic hydroxyl groups excluding tert-OH is 1. The van der Waals surface area contributed by atoms with E-state index in [2.05, 4.69) is 10.6 Å². The van der Waals surface area contributed by atoms with Gasteiger partial charge in [0.05, 0.1) is 25.0 Å². The number of carbonyl (C=O) groups excluding carboxylic acids is 2. The Balaban J connectivity index is 1.41. The normalized spacial score (nSPS) is 13.9. The number of aliphatic hydroxyl groups is 1. The molecule has 1 aliphatic rings. The molecular formula is C25H30N2O7. The Hall–Kier alpha value is -3.43. The summed E-state index contributed by atoms with van der Waals surface area (Å²) in [7, 11) is 0. The molecule has 182 valence electrons. The SMILES string of the molecule is CCOC(CNC(=O)CC(O)CNC(=O)OCC1c2ccccc2-c2ccccc21)CC(=O)O. The van der Waals surface area contributed by atoms with Gasteiger partial charge in [-0.1, -0.05) is 48.5 Å². The van der Waals surface area contributed by atoms with Crippen molar-refractivity contribution in [2.24, 2.45) is 0 Å². The predicted molar refractivity (Wildman–Crippen MR) is 124 cm³/mol. The molecule has 34 heavy (non-hydrogen) atoms. The molecule has 0 saturated heterocycles. The average molecular weight is 471 g/mol. The molecule has 2 unspecified atom stereocenters. The first-order valence-corrected chi connectivity index (χ1v) is 11.3. The minimum absolute atomic E-state index is 0.0193. The van der Waals surface area contributed by atoms with E-state index in [0.717, 1.165) is 22.3 Å². The molecule has 2 atom stereocenters. The van der Waals surface area contributed by atoms with E-state index in [1.54, 1.807) is 6.92 Å². The third-order valence-corrected chi connectivity index (χ3v) is 5.58. The number of carboxylic acids is 1. The van der Waals surface area contributed by atoms with Crippen LogP contribution in [0.2, 0.25) is 0 Å². The number of ether oxygens (including phenoxy) is 2. The van der Waals surface area contributed by atoms with E-state index in [4.69, 9.17) is 14.6 Å². The summed E-state index contributed by atoms with van der Waals surface area (Å²) in [5.41, 5.74) is 4.45. The van der Waals surface area contributed by atoms with Crippen LogP contribution in [0.15, 0.2) is 48.5 Å². The Morgan fingerprint density at radius 1 is 0.941 bits per heavy atom. The number of nitrogens with one attached hydrogen (secondary N) is 2. The number of hydrogen-bond donors (Lipinski definition) is 4. The smallest absolute Gasteiger partial charge is 0.407 e. The highest BCUT2D eigenvalue weighted by molar-refractivity contribution is 5.79. The van der Waals surface area contributed by atoms with Gasteiger partial charge in [-0.2, -0.15) is 0 Å². The van der Waals surface area contributed by atoms with E-state index >= 15 is 0 Å². The fraction of sp³-hybridized carbons (Fsp3) is 0.400. The summed E-state index contributed by atoms with van der Waals surface area (Å²) in [6.45, 7) is 2.06. The number of carboxylic acid groups (broad SMARTS) is 1. The summed E-state index contributed by atoms with van der Waals surface area (Å²) in [5, 5.41) is 24.0. The summed E-state index contributed by atoms with van der Waals surface area (Å²) in [6, 6.07) is 16.0. The van der Waals surface area contributed by atoms with Crippen molar-refractivity contribution >= 4 is 18.0 Å². The molecular weight excluding hydrogens is 440 g/mol. The highest BCUT2D eigenvalue weighted by Gasteiger charge is 2.29. The summed E-state index contributed by atoms with van der Waals surface area (Å²) in [5.74, 6) is -1.57. The first-order valence-electron chi connectivity index (χ1n) is 11.3. The first-order chi connectivity index (χ1) is 16.4. The van der Waals surface area contributed by atoms with Gasteiger partial charge in [0.2, 0.25) is 5.91 Å². The Kier molecular flexibility index (Phi) is 9.00. The largest absolute Gasteiger partial charge is 0.481 e. The predicted octanol–water partition coefficient (Wildman–Crippen LogP) is 2.27. The second-order valence-corrected chi connectivity index (χ2v) is 8.04. The molecule has 0 saturated carbocycles. The number of amides is 2. The molecule has 0 heterocycles. The van der Waals surface area contributed by atoms with Crippen LogP contribution in [0.1, 0.15) is 36.8 Å². The molecule has 0 bridgehead atoms. The summed E-state index contributed by atoms with van der Waals surface area (Å²) in [4.78, 5) is 35.0. The number of alkyl carbamates (subject to hydrolysis) is 1. The molecule has 0 fully saturated rings. The summed E-state index contributed by atoms with van der Waals surface area (Å²) >= 11 is 0. The van der Waals surface area contributed by atoms with Crippen molar-refractivity contribution in [2.75, 3.05) is 26.3 Å². The number of rotatable bonds is 12. The molecule has 9 heteroatoms. The van der Waals surface area contributed by atoms with Crippen LogP contribution in [0.25, 0.3) is 11.1 Å². The monoisotopic (exact) mass is 470 g/mol. The number of fused-ring (bicyclic) bond motifs is 3. The molecule has 4 N–H and O–H groups in total. The van der Waals surface area contributed by atoms with Crippen molar-refractivity contribution < 1.29 is 34.1 Å². The van der Waals surface area contributed by atoms with Crippen LogP contribution in [0, 0.1) is 0 Å². The van der Waals surface area contributed by atoms with Crippen LogP contribution >= 0.6 is 0 Å². The Morgan fingerprint density at radius 2 is 1.56 bits per heavy atom. The average Bonchev–Trinajstić information content (AvgIpc) is 3.13. The van der Waals surface area contributed by atoms with E-state index in [0.29, 0.717) is 6.61 Å². The topological polar surface area (TPSA) is 134 Å². The highest BCUT2D eigenvalue weighted by Crippen LogP contribution is 2.44. The molecule has 0 aliphatic heterocycles. The second-order valence-electron chi connectivity index (χ2n) is 8.04. The fourth-order valence-electron chi connectivity index (χ4n) is 4.06. The second kappa shape index (κ2) is 12.2. The van der Waals surface area contributed by atoms with Crippen LogP contribution in [0.3, 0.4) is 0 Å². The van der Waals surface area contributed by atoms with Crippen LogP contribution in [-0.2, 0) is 19.1 Å². The Bertz CT molecular complexity index is 965. The fourth-order valence-corrected chi connectivity index (χ4v) is 4.06. The van der Waals surface area contributed by atoms with Crippen LogP contribution < -0.4 is 10.6 Å². The van der Waals surface area contributed by atoms with Gasteiger partial charge in [0, 0.05) is 25.6 Å². The first kappa shape index (κ1) is 25.2. The zero-order valence-corrected chi connectivity index (χ0v) is 19.0. The lowest BCUT2D eigenvalue weighted by molar-refractivity contribution is -0.140. The van der Waals surface area contributed by atoms with Crippen molar-refractivity contribution in [1.82, 2.24) is 10.6 Å². The van der Waals surface area contributed by atoms with Gasteiger partial charge < -0.3 is 30.3 Å². The lowest BCUT2D eigenvalue weighted by Gasteiger charge is -2.17. The number of carbonyl (C=O) groups is 3. The molecule has 0 radical (unpaired) electrons. The molecule has 2 aromatic rings. The van der Waals surface area contributed by atoms with E-state index in [-0.39, 0.29) is 38.5 Å². The summed E-state index contributed by atoms with van der Waals surface area (Å²) in [6.07, 6.45) is -2.94. The van der Waals surface area contributed by atoms with Gasteiger partial charge in [0.15, 0.2) is 0 Å². The maximum atomic E-state index is 12.2. The van der Waals surface area contributed by atoms with Crippen molar-refractivity contribution in [3.63, 3.8) is 0 Å². The highest BCUT2D eigenvalue weighted by atomic mass is 16.5. The van der Waals surface area contributed by atoms with E-state index < -0.39 is 30.2 Å². The van der Waals surface area contributed by atoms with Crippen LogP contribution in [-0.4, -0.2) is 66.7 Å². The Morgan fingerprint density at radius 3 is 2.15 bits per heavy atom. The molecule has 2 aromatic carbocycles. The van der Waals surface area contributed by atoms with Crippen molar-refractivity contribution in [2.45, 2.75) is 37.9 Å². The molecule has 9 nitrogen and oxygen atoms in total. The third-order valence-electron chi connectivity index (χ3n) is 5.58. The van der Waals surface area contributed by atoms with Crippen molar-refractivity contribution in [3.05, 3.63) is 59.7 Å². The van der Waals surface area contributed by atoms with Gasteiger partial charge in [0.1, 0.15) is 6.61 Å². The quantitative estimate of drug-likeness (QED) is 0.374. The summed E-state index contributed by atoms with van der Waals surface area (Å²) < 4.78 is 10.7. The zero-order chi connectivity index (χ0) is 24.5. The van der Waals surface area contributed by atoms with E-state index in [9.17, 15) is 19.5 Å². The molecule has 0 spiro atoms. The standard InChI is InChI=1S/C25H30N2O7/c1-2-33-17(12-24(30)31)14-26-23(29)11-16(28)13-27-25(32)34-15-22-20-9-5-3-7-18(20)19-8-4-6-10-21(19)22/h3-10,16-17,22,28H,2,11-15H2,1H3,(H,26,29)(H,27,32)(H,30,31). The zero-order valence-electron chi connectivity index (χ0n) is 19.0. The van der Waals surface area contributed by atoms with Gasteiger partial charge in [-0.05, 0) is 29.2 Å².